The molecule has 0 saturated carbocycles. The maximum absolute atomic E-state index is 9.37. The standard InChI is InChI=1S/C8H11NO3/c1-12-7-3-6(9)2-5(4-10)8(7)11/h2-3,10-11H,4,9H2,1H3. The van der Waals surface area contributed by atoms with Crippen LogP contribution in [0, 0.1) is 0 Å². The molecule has 0 unspecified atom stereocenters. The fourth-order valence-electron chi connectivity index (χ4n) is 0.965. The van der Waals surface area contributed by atoms with Crippen molar-refractivity contribution in [3.63, 3.8) is 0 Å². The van der Waals surface area contributed by atoms with Crippen molar-refractivity contribution in [1.29, 1.82) is 0 Å². The lowest BCUT2D eigenvalue weighted by atomic mass is 10.2. The summed E-state index contributed by atoms with van der Waals surface area (Å²) in [6.07, 6.45) is 0. The van der Waals surface area contributed by atoms with Crippen LogP contribution in [0.25, 0.3) is 0 Å². The Morgan fingerprint density at radius 2 is 2.17 bits per heavy atom. The molecule has 4 nitrogen and oxygen atoms in total. The van der Waals surface area contributed by atoms with Gasteiger partial charge in [-0.2, -0.15) is 0 Å². The molecule has 1 aromatic rings. The average molecular weight is 169 g/mol. The first-order valence-corrected chi connectivity index (χ1v) is 3.45. The minimum absolute atomic E-state index is 0.0609. The number of aliphatic hydroxyl groups is 1. The molecular formula is C8H11NO3. The molecule has 0 aliphatic heterocycles. The molecule has 0 fully saturated rings. The summed E-state index contributed by atoms with van der Waals surface area (Å²) < 4.78 is 4.83. The van der Waals surface area contributed by atoms with E-state index in [4.69, 9.17) is 15.6 Å². The highest BCUT2D eigenvalue weighted by Crippen LogP contribution is 2.32. The summed E-state index contributed by atoms with van der Waals surface area (Å²) in [5, 5.41) is 18.2. The van der Waals surface area contributed by atoms with E-state index in [0.717, 1.165) is 0 Å². The number of benzene rings is 1. The second-order valence-electron chi connectivity index (χ2n) is 2.39. The molecular weight excluding hydrogens is 158 g/mol. The van der Waals surface area contributed by atoms with Crippen molar-refractivity contribution in [1.82, 2.24) is 0 Å². The molecule has 4 heteroatoms. The van der Waals surface area contributed by atoms with Crippen LogP contribution in [0.4, 0.5) is 5.69 Å². The Hall–Kier alpha value is -1.42. The maximum Gasteiger partial charge on any atom is 0.163 e. The van der Waals surface area contributed by atoms with E-state index in [2.05, 4.69) is 0 Å². The largest absolute Gasteiger partial charge is 0.504 e. The van der Waals surface area contributed by atoms with Gasteiger partial charge in [0.2, 0.25) is 0 Å². The molecule has 1 aromatic carbocycles. The predicted octanol–water partition coefficient (Wildman–Crippen LogP) is 0.475. The zero-order valence-electron chi connectivity index (χ0n) is 6.74. The van der Waals surface area contributed by atoms with Crippen LogP contribution in [-0.4, -0.2) is 17.3 Å². The van der Waals surface area contributed by atoms with Crippen LogP contribution in [0.2, 0.25) is 0 Å². The van der Waals surface area contributed by atoms with Gasteiger partial charge >= 0.3 is 0 Å². The Morgan fingerprint density at radius 3 is 2.67 bits per heavy atom. The monoisotopic (exact) mass is 169 g/mol. The number of hydrogen-bond donors (Lipinski definition) is 3. The molecule has 12 heavy (non-hydrogen) atoms. The Bertz CT molecular complexity index is 261. The smallest absolute Gasteiger partial charge is 0.163 e. The lowest BCUT2D eigenvalue weighted by molar-refractivity contribution is 0.272. The first-order chi connectivity index (χ1) is 5.69. The van der Waals surface area contributed by atoms with Crippen LogP contribution in [0.15, 0.2) is 12.1 Å². The van der Waals surface area contributed by atoms with E-state index in [1.807, 2.05) is 0 Å². The van der Waals surface area contributed by atoms with Crippen molar-refractivity contribution in [3.8, 4) is 11.5 Å². The third-order valence-corrected chi connectivity index (χ3v) is 1.57. The Labute approximate surface area is 70.2 Å². The van der Waals surface area contributed by atoms with Crippen molar-refractivity contribution in [3.05, 3.63) is 17.7 Å². The van der Waals surface area contributed by atoms with Gasteiger partial charge in [-0.05, 0) is 6.07 Å². The SMILES string of the molecule is COc1cc(N)cc(CO)c1O. The summed E-state index contributed by atoms with van der Waals surface area (Å²) in [5.74, 6) is 0.216. The van der Waals surface area contributed by atoms with Gasteiger partial charge in [-0.25, -0.2) is 0 Å². The molecule has 0 aromatic heterocycles. The number of aliphatic hydroxyl groups excluding tert-OH is 1. The number of rotatable bonds is 2. The molecule has 0 atom stereocenters. The van der Waals surface area contributed by atoms with Crippen molar-refractivity contribution < 1.29 is 14.9 Å². The van der Waals surface area contributed by atoms with Crippen LogP contribution in [0.3, 0.4) is 0 Å². The Morgan fingerprint density at radius 1 is 1.50 bits per heavy atom. The van der Waals surface area contributed by atoms with E-state index < -0.39 is 0 Å². The van der Waals surface area contributed by atoms with E-state index in [1.165, 1.54) is 19.2 Å². The van der Waals surface area contributed by atoms with Crippen molar-refractivity contribution in [2.75, 3.05) is 12.8 Å². The van der Waals surface area contributed by atoms with Crippen LogP contribution < -0.4 is 10.5 Å². The van der Waals surface area contributed by atoms with Crippen LogP contribution in [0.5, 0.6) is 11.5 Å². The summed E-state index contributed by atoms with van der Waals surface area (Å²) in [4.78, 5) is 0. The van der Waals surface area contributed by atoms with Crippen molar-refractivity contribution in [2.45, 2.75) is 6.61 Å². The van der Waals surface area contributed by atoms with Crippen LogP contribution in [0.1, 0.15) is 5.56 Å². The van der Waals surface area contributed by atoms with Gasteiger partial charge in [0.15, 0.2) is 11.5 Å². The van der Waals surface area contributed by atoms with Gasteiger partial charge in [-0.15, -0.1) is 0 Å². The fraction of sp³-hybridized carbons (Fsp3) is 0.250. The average Bonchev–Trinajstić information content (AvgIpc) is 2.08. The number of phenols is 1. The molecule has 0 amide bonds. The van der Waals surface area contributed by atoms with Gasteiger partial charge in [0.05, 0.1) is 13.7 Å². The number of nitrogen functional groups attached to an aromatic ring is 1. The minimum Gasteiger partial charge on any atom is -0.504 e. The molecule has 0 spiro atoms. The normalized spacial score (nSPS) is 9.83. The van der Waals surface area contributed by atoms with E-state index in [-0.39, 0.29) is 18.1 Å². The highest BCUT2D eigenvalue weighted by molar-refractivity contribution is 5.56. The van der Waals surface area contributed by atoms with Gasteiger partial charge in [0.25, 0.3) is 0 Å². The minimum atomic E-state index is -0.257. The van der Waals surface area contributed by atoms with E-state index in [0.29, 0.717) is 11.3 Å². The van der Waals surface area contributed by atoms with Crippen LogP contribution >= 0.6 is 0 Å². The molecule has 0 saturated heterocycles. The van der Waals surface area contributed by atoms with Gasteiger partial charge in [0.1, 0.15) is 0 Å². The van der Waals surface area contributed by atoms with E-state index in [1.54, 1.807) is 0 Å². The van der Waals surface area contributed by atoms with Gasteiger partial charge < -0.3 is 20.7 Å². The zero-order valence-corrected chi connectivity index (χ0v) is 6.74. The molecule has 0 heterocycles. The second kappa shape index (κ2) is 3.32. The third-order valence-electron chi connectivity index (χ3n) is 1.57. The van der Waals surface area contributed by atoms with E-state index in [9.17, 15) is 5.11 Å². The number of methoxy groups -OCH3 is 1. The first-order valence-electron chi connectivity index (χ1n) is 3.45. The Balaban J connectivity index is 3.22. The predicted molar refractivity (Wildman–Crippen MR) is 45.0 cm³/mol. The number of ether oxygens (including phenoxy) is 1. The molecule has 1 rings (SSSR count). The Kier molecular flexibility index (Phi) is 2.40. The molecule has 0 radical (unpaired) electrons. The highest BCUT2D eigenvalue weighted by atomic mass is 16.5. The molecule has 0 aliphatic carbocycles. The summed E-state index contributed by atoms with van der Waals surface area (Å²) in [6.45, 7) is -0.257. The summed E-state index contributed by atoms with van der Waals surface area (Å²) in [7, 11) is 1.43. The molecule has 0 bridgehead atoms. The second-order valence-corrected chi connectivity index (χ2v) is 2.39. The highest BCUT2D eigenvalue weighted by Gasteiger charge is 2.07. The lowest BCUT2D eigenvalue weighted by Gasteiger charge is -2.07. The molecule has 66 valence electrons. The van der Waals surface area contributed by atoms with Gasteiger partial charge in [-0.1, -0.05) is 0 Å². The molecule has 4 N–H and O–H groups in total. The topological polar surface area (TPSA) is 75.7 Å². The fourth-order valence-corrected chi connectivity index (χ4v) is 0.965. The number of anilines is 1. The quantitative estimate of drug-likeness (QED) is 0.444. The van der Waals surface area contributed by atoms with Gasteiger partial charge in [0, 0.05) is 17.3 Å². The summed E-state index contributed by atoms with van der Waals surface area (Å²) in [6, 6.07) is 2.99. The van der Waals surface area contributed by atoms with Crippen molar-refractivity contribution in [2.24, 2.45) is 0 Å². The van der Waals surface area contributed by atoms with Crippen LogP contribution in [-0.2, 0) is 6.61 Å². The maximum atomic E-state index is 9.37. The zero-order chi connectivity index (χ0) is 9.14. The third kappa shape index (κ3) is 1.43. The summed E-state index contributed by atoms with van der Waals surface area (Å²) in [5.41, 5.74) is 6.30. The van der Waals surface area contributed by atoms with Crippen molar-refractivity contribution >= 4 is 5.69 Å². The lowest BCUT2D eigenvalue weighted by Crippen LogP contribution is -1.93. The summed E-state index contributed by atoms with van der Waals surface area (Å²) >= 11 is 0. The number of aromatic hydroxyl groups is 1. The number of nitrogens with two attached hydrogens (primary N) is 1. The molecule has 0 aliphatic rings. The van der Waals surface area contributed by atoms with Gasteiger partial charge in [-0.3, -0.25) is 0 Å². The first kappa shape index (κ1) is 8.67. The van der Waals surface area contributed by atoms with E-state index >= 15 is 0 Å². The number of hydrogen-bond acceptors (Lipinski definition) is 4.